The largest absolute Gasteiger partial charge is 0.325 e. The fourth-order valence-electron chi connectivity index (χ4n) is 2.95. The molecular weight excluding hydrogens is 418 g/mol. The minimum absolute atomic E-state index is 0.101. The predicted octanol–water partition coefficient (Wildman–Crippen LogP) is 4.09. The zero-order chi connectivity index (χ0) is 21.9. The van der Waals surface area contributed by atoms with E-state index < -0.39 is 10.0 Å². The van der Waals surface area contributed by atoms with Crippen molar-refractivity contribution in [3.63, 3.8) is 0 Å². The first-order chi connectivity index (χ1) is 14.2. The Balaban J connectivity index is 1.73. The van der Waals surface area contributed by atoms with Gasteiger partial charge in [-0.3, -0.25) is 4.79 Å². The van der Waals surface area contributed by atoms with Crippen molar-refractivity contribution in [2.24, 2.45) is 0 Å². The van der Waals surface area contributed by atoms with Gasteiger partial charge in [-0.2, -0.15) is 0 Å². The number of nitrogens with one attached hydrogen (secondary N) is 1. The van der Waals surface area contributed by atoms with Crippen LogP contribution in [0.4, 0.5) is 5.69 Å². The number of hydrogen-bond acceptors (Lipinski definition) is 5. The third-order valence-electron chi connectivity index (χ3n) is 4.74. The lowest BCUT2D eigenvalue weighted by Gasteiger charge is -2.13. The van der Waals surface area contributed by atoms with Gasteiger partial charge in [0.15, 0.2) is 0 Å². The second-order valence-electron chi connectivity index (χ2n) is 7.13. The highest BCUT2D eigenvalue weighted by Gasteiger charge is 2.18. The van der Waals surface area contributed by atoms with Gasteiger partial charge in [0, 0.05) is 25.2 Å². The van der Waals surface area contributed by atoms with Crippen LogP contribution in [-0.2, 0) is 21.2 Å². The lowest BCUT2D eigenvalue weighted by Crippen LogP contribution is -2.22. The molecule has 0 unspecified atom stereocenters. The van der Waals surface area contributed by atoms with Gasteiger partial charge in [0.05, 0.1) is 21.2 Å². The molecule has 30 heavy (non-hydrogen) atoms. The van der Waals surface area contributed by atoms with Crippen LogP contribution in [0.1, 0.15) is 18.1 Å². The van der Waals surface area contributed by atoms with Crippen molar-refractivity contribution < 1.29 is 13.2 Å². The van der Waals surface area contributed by atoms with Crippen LogP contribution in [0.5, 0.6) is 0 Å². The summed E-state index contributed by atoms with van der Waals surface area (Å²) in [6.45, 7) is 4.00. The van der Waals surface area contributed by atoms with Crippen molar-refractivity contribution in [1.29, 1.82) is 0 Å². The quantitative estimate of drug-likeness (QED) is 0.557. The second-order valence-corrected chi connectivity index (χ2v) is 10.3. The summed E-state index contributed by atoms with van der Waals surface area (Å²) in [4.78, 5) is 17.1. The number of sulfonamides is 1. The molecule has 0 spiro atoms. The second kappa shape index (κ2) is 9.16. The number of aromatic nitrogens is 1. The average molecular weight is 444 g/mol. The van der Waals surface area contributed by atoms with E-state index >= 15 is 0 Å². The molecule has 1 amide bonds. The van der Waals surface area contributed by atoms with E-state index in [4.69, 9.17) is 0 Å². The molecule has 0 saturated carbocycles. The number of aryl methyl sites for hydroxylation is 2. The molecule has 1 aromatic heterocycles. The van der Waals surface area contributed by atoms with E-state index in [1.54, 1.807) is 18.2 Å². The Kier molecular flexibility index (Phi) is 6.80. The van der Waals surface area contributed by atoms with E-state index in [1.807, 2.05) is 37.3 Å². The monoisotopic (exact) mass is 443 g/mol. The Morgan fingerprint density at radius 1 is 1.10 bits per heavy atom. The highest BCUT2D eigenvalue weighted by molar-refractivity contribution is 7.99. The van der Waals surface area contributed by atoms with Crippen molar-refractivity contribution in [3.8, 4) is 0 Å². The van der Waals surface area contributed by atoms with Crippen molar-refractivity contribution in [2.75, 3.05) is 25.2 Å². The number of benzene rings is 2. The minimum Gasteiger partial charge on any atom is -0.325 e. The lowest BCUT2D eigenvalue weighted by molar-refractivity contribution is -0.113. The molecule has 2 aromatic carbocycles. The van der Waals surface area contributed by atoms with Crippen LogP contribution in [0, 0.1) is 6.92 Å². The third kappa shape index (κ3) is 5.00. The number of thioether (sulfide) groups is 1. The molecule has 1 heterocycles. The number of amides is 1. The Hall–Kier alpha value is -2.42. The first kappa shape index (κ1) is 22.3. The van der Waals surface area contributed by atoms with Crippen molar-refractivity contribution in [2.45, 2.75) is 30.2 Å². The number of carbonyl (C=O) groups is 1. The molecule has 0 radical (unpaired) electrons. The predicted molar refractivity (Wildman–Crippen MR) is 123 cm³/mol. The summed E-state index contributed by atoms with van der Waals surface area (Å²) in [7, 11) is -0.489. The maximum Gasteiger partial charge on any atom is 0.242 e. The van der Waals surface area contributed by atoms with Crippen LogP contribution in [-0.4, -0.2) is 43.5 Å². The van der Waals surface area contributed by atoms with Gasteiger partial charge in [0.2, 0.25) is 15.9 Å². The van der Waals surface area contributed by atoms with E-state index in [0.717, 1.165) is 28.1 Å². The SMILES string of the molecule is CCc1ccc(NC(=O)CSc2cc(C)c3cc(S(=O)(=O)N(C)C)ccc3n2)cc1. The van der Waals surface area contributed by atoms with Gasteiger partial charge in [-0.05, 0) is 60.9 Å². The summed E-state index contributed by atoms with van der Waals surface area (Å²) in [5, 5.41) is 4.39. The van der Waals surface area contributed by atoms with Crippen LogP contribution in [0.15, 0.2) is 58.5 Å². The summed E-state index contributed by atoms with van der Waals surface area (Å²) >= 11 is 1.35. The van der Waals surface area contributed by atoms with Crippen molar-refractivity contribution >= 4 is 44.3 Å². The van der Waals surface area contributed by atoms with Gasteiger partial charge in [-0.15, -0.1) is 0 Å². The van der Waals surface area contributed by atoms with Gasteiger partial charge < -0.3 is 5.32 Å². The molecule has 0 aliphatic heterocycles. The number of pyridine rings is 1. The molecule has 0 bridgehead atoms. The highest BCUT2D eigenvalue weighted by Crippen LogP contribution is 2.27. The molecule has 0 atom stereocenters. The molecule has 3 aromatic rings. The molecule has 6 nitrogen and oxygen atoms in total. The minimum atomic E-state index is -3.50. The zero-order valence-electron chi connectivity index (χ0n) is 17.5. The lowest BCUT2D eigenvalue weighted by atomic mass is 10.1. The van der Waals surface area contributed by atoms with Crippen LogP contribution < -0.4 is 5.32 Å². The Morgan fingerprint density at radius 2 is 1.80 bits per heavy atom. The third-order valence-corrected chi connectivity index (χ3v) is 7.46. The number of nitrogens with zero attached hydrogens (tertiary/aromatic N) is 2. The maximum absolute atomic E-state index is 12.4. The summed E-state index contributed by atoms with van der Waals surface area (Å²) < 4.78 is 25.9. The molecule has 0 fully saturated rings. The summed E-state index contributed by atoms with van der Waals surface area (Å²) in [6.07, 6.45) is 0.958. The van der Waals surface area contributed by atoms with E-state index in [9.17, 15) is 13.2 Å². The summed E-state index contributed by atoms with van der Waals surface area (Å²) in [5.41, 5.74) is 3.61. The standard InChI is InChI=1S/C22H25N3O3S2/c1-5-16-6-8-17(9-7-16)23-21(26)14-29-22-12-15(2)19-13-18(10-11-20(19)24-22)30(27,28)25(3)4/h6-13H,5,14H2,1-4H3,(H,23,26). The molecule has 158 valence electrons. The van der Waals surface area contributed by atoms with Gasteiger partial charge in [0.1, 0.15) is 0 Å². The van der Waals surface area contributed by atoms with Crippen molar-refractivity contribution in [3.05, 3.63) is 59.7 Å². The van der Waals surface area contributed by atoms with Gasteiger partial charge in [-0.1, -0.05) is 30.8 Å². The van der Waals surface area contributed by atoms with Gasteiger partial charge in [-0.25, -0.2) is 17.7 Å². The van der Waals surface area contributed by atoms with E-state index in [1.165, 1.54) is 35.7 Å². The number of carbonyl (C=O) groups excluding carboxylic acids is 1. The number of hydrogen-bond donors (Lipinski definition) is 1. The van der Waals surface area contributed by atoms with Crippen LogP contribution in [0.3, 0.4) is 0 Å². The van der Waals surface area contributed by atoms with Crippen LogP contribution >= 0.6 is 11.8 Å². The van der Waals surface area contributed by atoms with Gasteiger partial charge >= 0.3 is 0 Å². The molecule has 1 N–H and O–H groups in total. The number of anilines is 1. The molecule has 0 aliphatic carbocycles. The topological polar surface area (TPSA) is 79.4 Å². The fraction of sp³-hybridized carbons (Fsp3) is 0.273. The van der Waals surface area contributed by atoms with Gasteiger partial charge in [0.25, 0.3) is 0 Å². The Bertz CT molecular complexity index is 1170. The molecule has 0 saturated heterocycles. The normalized spacial score (nSPS) is 11.8. The van der Waals surface area contributed by atoms with Crippen molar-refractivity contribution in [1.82, 2.24) is 9.29 Å². The molecular formula is C22H25N3O3S2. The Morgan fingerprint density at radius 3 is 2.43 bits per heavy atom. The van der Waals surface area contributed by atoms with Crippen LogP contribution in [0.25, 0.3) is 10.9 Å². The maximum atomic E-state index is 12.4. The summed E-state index contributed by atoms with van der Waals surface area (Å²) in [6, 6.07) is 14.6. The Labute approximate surface area is 181 Å². The van der Waals surface area contributed by atoms with E-state index in [-0.39, 0.29) is 16.6 Å². The summed E-state index contributed by atoms with van der Waals surface area (Å²) in [5.74, 6) is 0.136. The number of rotatable bonds is 7. The average Bonchev–Trinajstić information content (AvgIpc) is 2.72. The fourth-order valence-corrected chi connectivity index (χ4v) is 4.65. The molecule has 0 aliphatic rings. The smallest absolute Gasteiger partial charge is 0.242 e. The molecule has 3 rings (SSSR count). The van der Waals surface area contributed by atoms with E-state index in [2.05, 4.69) is 17.2 Å². The van der Waals surface area contributed by atoms with E-state index in [0.29, 0.717) is 5.52 Å². The zero-order valence-corrected chi connectivity index (χ0v) is 19.1. The molecule has 8 heteroatoms. The first-order valence-corrected chi connectivity index (χ1v) is 12.0. The first-order valence-electron chi connectivity index (χ1n) is 9.56. The number of fused-ring (bicyclic) bond motifs is 1. The van der Waals surface area contributed by atoms with Crippen LogP contribution in [0.2, 0.25) is 0 Å². The highest BCUT2D eigenvalue weighted by atomic mass is 32.2.